The van der Waals surface area contributed by atoms with E-state index in [4.69, 9.17) is 0 Å². The van der Waals surface area contributed by atoms with Crippen LogP contribution in [-0.2, 0) is 4.79 Å². The topological polar surface area (TPSA) is 88.9 Å². The van der Waals surface area contributed by atoms with Gasteiger partial charge in [-0.3, -0.25) is 9.59 Å². The van der Waals surface area contributed by atoms with Crippen molar-refractivity contribution in [3.8, 4) is 16.4 Å². The molecule has 27 heavy (non-hydrogen) atoms. The Morgan fingerprint density at radius 3 is 2.78 bits per heavy atom. The Hall–Kier alpha value is -3.07. The van der Waals surface area contributed by atoms with Crippen molar-refractivity contribution in [2.75, 3.05) is 6.54 Å². The molecule has 1 aromatic carbocycles. The highest BCUT2D eigenvalue weighted by atomic mass is 32.1. The van der Waals surface area contributed by atoms with Gasteiger partial charge in [-0.05, 0) is 42.1 Å². The van der Waals surface area contributed by atoms with Gasteiger partial charge in [-0.2, -0.15) is 0 Å². The Bertz CT molecular complexity index is 958. The molecule has 3 aromatic rings. The number of hydrogen-bond acceptors (Lipinski definition) is 5. The van der Waals surface area contributed by atoms with Crippen LogP contribution in [0.15, 0.2) is 41.8 Å². The predicted octanol–water partition coefficient (Wildman–Crippen LogP) is 2.14. The molecule has 0 bridgehead atoms. The highest BCUT2D eigenvalue weighted by Gasteiger charge is 2.24. The summed E-state index contributed by atoms with van der Waals surface area (Å²) >= 11 is 1.47. The number of nitrogens with one attached hydrogen (secondary N) is 2. The van der Waals surface area contributed by atoms with E-state index in [-0.39, 0.29) is 23.6 Å². The quantitative estimate of drug-likeness (QED) is 0.720. The lowest BCUT2D eigenvalue weighted by Crippen LogP contribution is -2.47. The predicted molar refractivity (Wildman–Crippen MR) is 98.1 cm³/mol. The Morgan fingerprint density at radius 1 is 1.30 bits per heavy atom. The van der Waals surface area contributed by atoms with E-state index >= 15 is 0 Å². The van der Waals surface area contributed by atoms with Crippen LogP contribution >= 0.6 is 11.3 Å². The first-order valence-electron chi connectivity index (χ1n) is 8.44. The summed E-state index contributed by atoms with van der Waals surface area (Å²) in [6.07, 6.45) is 0.955. The maximum absolute atomic E-state index is 13.3. The maximum Gasteiger partial charge on any atom is 0.291 e. The van der Waals surface area contributed by atoms with Crippen molar-refractivity contribution < 1.29 is 14.0 Å². The highest BCUT2D eigenvalue weighted by Crippen LogP contribution is 2.25. The van der Waals surface area contributed by atoms with Crippen molar-refractivity contribution in [1.29, 1.82) is 0 Å². The Labute approximate surface area is 158 Å². The molecule has 2 amide bonds. The molecule has 0 spiro atoms. The Kier molecular flexibility index (Phi) is 4.68. The summed E-state index contributed by atoms with van der Waals surface area (Å²) in [4.78, 5) is 29.1. The fraction of sp³-hybridized carbons (Fsp3) is 0.222. The molecule has 0 radical (unpaired) electrons. The number of halogens is 1. The Balaban J connectivity index is 1.63. The van der Waals surface area contributed by atoms with Crippen LogP contribution in [0.3, 0.4) is 0 Å². The van der Waals surface area contributed by atoms with E-state index < -0.39 is 5.91 Å². The van der Waals surface area contributed by atoms with Gasteiger partial charge >= 0.3 is 0 Å². The van der Waals surface area contributed by atoms with Crippen molar-refractivity contribution >= 4 is 23.2 Å². The molecule has 4 rings (SSSR count). The van der Waals surface area contributed by atoms with Crippen molar-refractivity contribution in [2.24, 2.45) is 0 Å². The number of amides is 2. The zero-order valence-corrected chi connectivity index (χ0v) is 15.0. The number of hydrogen-bond donors (Lipinski definition) is 2. The first-order valence-corrected chi connectivity index (χ1v) is 9.32. The standard InChI is InChI=1S/C18H16FN5O2S/c19-11-3-6-13(7-4-11)24-17(14-2-1-9-27-14)22-16(23-24)18(26)21-12-5-8-15(25)20-10-12/h1-4,6-7,9,12H,5,8,10H2,(H,20,25)(H,21,26). The first kappa shape index (κ1) is 17.3. The minimum absolute atomic E-state index is 0.0146. The van der Waals surface area contributed by atoms with Gasteiger partial charge in [-0.25, -0.2) is 14.1 Å². The van der Waals surface area contributed by atoms with Crippen LogP contribution in [0, 0.1) is 5.82 Å². The van der Waals surface area contributed by atoms with Gasteiger partial charge in [0.15, 0.2) is 5.82 Å². The van der Waals surface area contributed by atoms with Gasteiger partial charge in [0.25, 0.3) is 5.91 Å². The summed E-state index contributed by atoms with van der Waals surface area (Å²) in [5, 5.41) is 11.8. The molecule has 1 unspecified atom stereocenters. The fourth-order valence-electron chi connectivity index (χ4n) is 2.84. The molecule has 1 atom stereocenters. The van der Waals surface area contributed by atoms with Gasteiger partial charge in [0.05, 0.1) is 10.6 Å². The number of nitrogens with zero attached hydrogens (tertiary/aromatic N) is 3. The lowest BCUT2D eigenvalue weighted by atomic mass is 10.1. The number of carbonyl (C=O) groups excluding carboxylic acids is 2. The van der Waals surface area contributed by atoms with E-state index in [1.807, 2.05) is 17.5 Å². The number of aromatic nitrogens is 3. The molecule has 0 aliphatic carbocycles. The molecule has 3 heterocycles. The van der Waals surface area contributed by atoms with Crippen molar-refractivity contribution in [3.63, 3.8) is 0 Å². The number of thiophene rings is 1. The van der Waals surface area contributed by atoms with Gasteiger partial charge in [0.1, 0.15) is 5.82 Å². The van der Waals surface area contributed by atoms with E-state index in [0.717, 1.165) is 4.88 Å². The van der Waals surface area contributed by atoms with E-state index in [0.29, 0.717) is 30.9 Å². The maximum atomic E-state index is 13.3. The average Bonchev–Trinajstić information content (AvgIpc) is 3.33. The van der Waals surface area contributed by atoms with Gasteiger partial charge in [0.2, 0.25) is 11.7 Å². The Morgan fingerprint density at radius 2 is 2.11 bits per heavy atom. The second-order valence-corrected chi connectivity index (χ2v) is 7.09. The fourth-order valence-corrected chi connectivity index (χ4v) is 3.54. The van der Waals surface area contributed by atoms with E-state index in [1.165, 1.54) is 28.2 Å². The summed E-state index contributed by atoms with van der Waals surface area (Å²) in [5.41, 5.74) is 0.608. The number of benzene rings is 1. The van der Waals surface area contributed by atoms with Crippen LogP contribution in [0.2, 0.25) is 0 Å². The van der Waals surface area contributed by atoms with Crippen molar-refractivity contribution in [3.05, 3.63) is 53.4 Å². The zero-order chi connectivity index (χ0) is 18.8. The van der Waals surface area contributed by atoms with Gasteiger partial charge < -0.3 is 10.6 Å². The molecular weight excluding hydrogens is 369 g/mol. The number of carbonyl (C=O) groups is 2. The zero-order valence-electron chi connectivity index (χ0n) is 14.2. The molecule has 138 valence electrons. The third kappa shape index (κ3) is 3.72. The monoisotopic (exact) mass is 385 g/mol. The first-order chi connectivity index (χ1) is 13.1. The second kappa shape index (κ2) is 7.28. The minimum atomic E-state index is -0.408. The molecule has 0 saturated carbocycles. The molecule has 1 aliphatic rings. The van der Waals surface area contributed by atoms with Crippen LogP contribution < -0.4 is 10.6 Å². The van der Waals surface area contributed by atoms with E-state index in [2.05, 4.69) is 20.7 Å². The largest absolute Gasteiger partial charge is 0.354 e. The number of piperidine rings is 1. The molecule has 7 nitrogen and oxygen atoms in total. The molecule has 9 heteroatoms. The van der Waals surface area contributed by atoms with E-state index in [9.17, 15) is 14.0 Å². The molecule has 2 N–H and O–H groups in total. The second-order valence-electron chi connectivity index (χ2n) is 6.14. The smallest absolute Gasteiger partial charge is 0.291 e. The summed E-state index contributed by atoms with van der Waals surface area (Å²) in [6.45, 7) is 0.390. The van der Waals surface area contributed by atoms with Crippen molar-refractivity contribution in [2.45, 2.75) is 18.9 Å². The van der Waals surface area contributed by atoms with Crippen molar-refractivity contribution in [1.82, 2.24) is 25.4 Å². The van der Waals surface area contributed by atoms with Gasteiger partial charge in [0, 0.05) is 19.0 Å². The highest BCUT2D eigenvalue weighted by molar-refractivity contribution is 7.13. The molecule has 1 saturated heterocycles. The summed E-state index contributed by atoms with van der Waals surface area (Å²) in [5.74, 6) is -0.235. The molecule has 2 aromatic heterocycles. The van der Waals surface area contributed by atoms with Gasteiger partial charge in [-0.1, -0.05) is 6.07 Å². The van der Waals surface area contributed by atoms with Crippen LogP contribution in [0.5, 0.6) is 0 Å². The van der Waals surface area contributed by atoms with Gasteiger partial charge in [-0.15, -0.1) is 16.4 Å². The molecule has 1 fully saturated rings. The van der Waals surface area contributed by atoms with Crippen LogP contribution in [0.25, 0.3) is 16.4 Å². The lowest BCUT2D eigenvalue weighted by Gasteiger charge is -2.22. The third-order valence-corrected chi connectivity index (χ3v) is 5.09. The number of rotatable bonds is 4. The minimum Gasteiger partial charge on any atom is -0.354 e. The summed E-state index contributed by atoms with van der Waals surface area (Å²) < 4.78 is 14.8. The lowest BCUT2D eigenvalue weighted by molar-refractivity contribution is -0.122. The van der Waals surface area contributed by atoms with E-state index in [1.54, 1.807) is 12.1 Å². The van der Waals surface area contributed by atoms with Crippen LogP contribution in [-0.4, -0.2) is 39.2 Å². The SMILES string of the molecule is O=C1CCC(NC(=O)c2nc(-c3cccs3)n(-c3ccc(F)cc3)n2)CN1. The average molecular weight is 385 g/mol. The van der Waals surface area contributed by atoms with Crippen LogP contribution in [0.1, 0.15) is 23.5 Å². The normalized spacial score (nSPS) is 16.8. The summed E-state index contributed by atoms with van der Waals surface area (Å²) in [6, 6.07) is 9.44. The molecule has 1 aliphatic heterocycles. The van der Waals surface area contributed by atoms with Crippen LogP contribution in [0.4, 0.5) is 4.39 Å². The molecular formula is C18H16FN5O2S. The third-order valence-electron chi connectivity index (χ3n) is 4.22. The summed E-state index contributed by atoms with van der Waals surface area (Å²) in [7, 11) is 0.